The van der Waals surface area contributed by atoms with Gasteiger partial charge in [0.05, 0.1) is 5.69 Å². The molecule has 1 aromatic rings. The van der Waals surface area contributed by atoms with Gasteiger partial charge in [-0.15, -0.1) is 0 Å². The van der Waals surface area contributed by atoms with Crippen molar-refractivity contribution in [2.75, 3.05) is 5.32 Å². The van der Waals surface area contributed by atoms with Gasteiger partial charge in [0.25, 0.3) is 0 Å². The number of hydrogen-bond donors (Lipinski definition) is 1. The average Bonchev–Trinajstić information content (AvgIpc) is 2.49. The highest BCUT2D eigenvalue weighted by molar-refractivity contribution is 8.13. The molecule has 0 aromatic heterocycles. The molecule has 1 aliphatic rings. The molecule has 0 atom stereocenters. The summed E-state index contributed by atoms with van der Waals surface area (Å²) in [4.78, 5) is 26.0. The van der Waals surface area contributed by atoms with Crippen molar-refractivity contribution < 1.29 is 9.59 Å². The van der Waals surface area contributed by atoms with Crippen LogP contribution in [0.3, 0.4) is 0 Å². The van der Waals surface area contributed by atoms with Crippen molar-refractivity contribution in [2.45, 2.75) is 71.6 Å². The number of carbonyl (C=O) groups excluding carboxylic acids is 2. The van der Waals surface area contributed by atoms with Gasteiger partial charge in [0.1, 0.15) is 0 Å². The van der Waals surface area contributed by atoms with Gasteiger partial charge in [0.2, 0.25) is 5.91 Å². The monoisotopic (exact) mass is 347 g/mol. The highest BCUT2D eigenvalue weighted by Gasteiger charge is 2.35. The number of anilines is 1. The number of aryl methyl sites for hydroxylation is 1. The van der Waals surface area contributed by atoms with Gasteiger partial charge in [-0.05, 0) is 49.2 Å². The molecule has 0 unspecified atom stereocenters. The van der Waals surface area contributed by atoms with E-state index in [0.717, 1.165) is 41.8 Å². The topological polar surface area (TPSA) is 46.2 Å². The molecule has 1 N–H and O–H groups in total. The third kappa shape index (κ3) is 4.62. The third-order valence-electron chi connectivity index (χ3n) is 4.70. The van der Waals surface area contributed by atoms with E-state index in [2.05, 4.69) is 12.2 Å². The van der Waals surface area contributed by atoms with Crippen LogP contribution in [-0.4, -0.2) is 11.0 Å². The van der Waals surface area contributed by atoms with Crippen molar-refractivity contribution in [3.63, 3.8) is 0 Å². The van der Waals surface area contributed by atoms with Crippen LogP contribution in [0.2, 0.25) is 0 Å². The smallest absolute Gasteiger partial charge is 0.230 e. The fourth-order valence-corrected chi connectivity index (χ4v) is 3.78. The minimum Gasteiger partial charge on any atom is -0.325 e. The van der Waals surface area contributed by atoms with Gasteiger partial charge in [-0.3, -0.25) is 9.59 Å². The molecule has 24 heavy (non-hydrogen) atoms. The first-order chi connectivity index (χ1) is 11.1. The number of thioether (sulfide) groups is 1. The summed E-state index contributed by atoms with van der Waals surface area (Å²) >= 11 is 1.22. The van der Waals surface area contributed by atoms with Gasteiger partial charge in [0.15, 0.2) is 5.12 Å². The molecule has 0 bridgehead atoms. The second kappa shape index (κ2) is 7.30. The Hall–Kier alpha value is -1.29. The summed E-state index contributed by atoms with van der Waals surface area (Å²) in [6.45, 7) is 9.80. The lowest BCUT2D eigenvalue weighted by molar-refractivity contribution is -0.126. The summed E-state index contributed by atoms with van der Waals surface area (Å²) < 4.78 is 0. The van der Waals surface area contributed by atoms with Crippen molar-refractivity contribution in [1.29, 1.82) is 0 Å². The van der Waals surface area contributed by atoms with Crippen LogP contribution in [-0.2, 0) is 9.59 Å². The first-order valence-corrected chi connectivity index (χ1v) is 9.58. The fourth-order valence-electron chi connectivity index (χ4n) is 2.92. The molecular formula is C20H29NO2S. The van der Waals surface area contributed by atoms with E-state index in [1.807, 2.05) is 45.9 Å². The maximum atomic E-state index is 12.8. The molecule has 0 heterocycles. The second-order valence-corrected chi connectivity index (χ2v) is 9.23. The Kier molecular flexibility index (Phi) is 5.79. The molecular weight excluding hydrogens is 318 g/mol. The summed E-state index contributed by atoms with van der Waals surface area (Å²) in [6, 6.07) is 5.88. The molecule has 1 amide bonds. The lowest BCUT2D eigenvalue weighted by Crippen LogP contribution is -2.35. The van der Waals surface area contributed by atoms with Crippen LogP contribution in [0.25, 0.3) is 0 Å². The maximum absolute atomic E-state index is 12.8. The van der Waals surface area contributed by atoms with Crippen LogP contribution in [0.15, 0.2) is 23.1 Å². The number of amides is 1. The normalized spacial score (nSPS) is 17.4. The highest BCUT2D eigenvalue weighted by Crippen LogP contribution is 2.39. The molecule has 1 fully saturated rings. The molecule has 1 saturated carbocycles. The molecule has 3 nitrogen and oxygen atoms in total. The van der Waals surface area contributed by atoms with Crippen molar-refractivity contribution in [3.8, 4) is 0 Å². The van der Waals surface area contributed by atoms with Gasteiger partial charge < -0.3 is 5.32 Å². The predicted molar refractivity (Wildman–Crippen MR) is 101 cm³/mol. The van der Waals surface area contributed by atoms with Gasteiger partial charge >= 0.3 is 0 Å². The van der Waals surface area contributed by atoms with Crippen molar-refractivity contribution in [1.82, 2.24) is 0 Å². The first-order valence-electron chi connectivity index (χ1n) is 8.76. The van der Waals surface area contributed by atoms with Crippen LogP contribution in [0, 0.1) is 17.8 Å². The number of hydrogen-bond acceptors (Lipinski definition) is 3. The van der Waals surface area contributed by atoms with E-state index in [1.54, 1.807) is 0 Å². The van der Waals surface area contributed by atoms with E-state index in [0.29, 0.717) is 0 Å². The molecule has 1 aliphatic carbocycles. The summed E-state index contributed by atoms with van der Waals surface area (Å²) in [5.74, 6) is 0.0813. The van der Waals surface area contributed by atoms with Crippen LogP contribution < -0.4 is 5.32 Å². The Morgan fingerprint density at radius 2 is 1.75 bits per heavy atom. The van der Waals surface area contributed by atoms with Crippen molar-refractivity contribution in [3.05, 3.63) is 23.8 Å². The van der Waals surface area contributed by atoms with E-state index in [9.17, 15) is 9.59 Å². The van der Waals surface area contributed by atoms with Crippen LogP contribution in [0.1, 0.15) is 65.4 Å². The van der Waals surface area contributed by atoms with E-state index in [1.165, 1.54) is 18.2 Å². The van der Waals surface area contributed by atoms with Crippen LogP contribution in [0.4, 0.5) is 5.69 Å². The molecule has 2 rings (SSSR count). The Labute approximate surface area is 150 Å². The van der Waals surface area contributed by atoms with Crippen LogP contribution >= 0.6 is 11.8 Å². The van der Waals surface area contributed by atoms with Gasteiger partial charge in [-0.25, -0.2) is 0 Å². The van der Waals surface area contributed by atoms with E-state index < -0.39 is 5.41 Å². The Bertz CT molecular complexity index is 625. The highest BCUT2D eigenvalue weighted by atomic mass is 32.2. The SMILES string of the molecule is Cc1ccc(SC(=O)C(C)(C)C)c(NC(=O)C2(C)CCCCC2)c1. The summed E-state index contributed by atoms with van der Waals surface area (Å²) in [5.41, 5.74) is 1.13. The maximum Gasteiger partial charge on any atom is 0.230 e. The summed E-state index contributed by atoms with van der Waals surface area (Å²) in [6.07, 6.45) is 5.32. The molecule has 0 spiro atoms. The van der Waals surface area contributed by atoms with E-state index in [-0.39, 0.29) is 16.4 Å². The zero-order valence-corrected chi connectivity index (χ0v) is 16.3. The standard InChI is InChI=1S/C20H29NO2S/c1-14-9-10-16(24-18(23)19(2,3)4)15(13-14)21-17(22)20(5)11-7-6-8-12-20/h9-10,13H,6-8,11-12H2,1-5H3,(H,21,22). The first kappa shape index (κ1) is 19.0. The number of rotatable bonds is 3. The van der Waals surface area contributed by atoms with Gasteiger partial charge in [-0.2, -0.15) is 0 Å². The van der Waals surface area contributed by atoms with Crippen molar-refractivity contribution in [2.24, 2.45) is 10.8 Å². The lowest BCUT2D eigenvalue weighted by Gasteiger charge is -2.32. The minimum absolute atomic E-state index is 0.0813. The molecule has 4 heteroatoms. The quantitative estimate of drug-likeness (QED) is 0.727. The molecule has 0 aliphatic heterocycles. The molecule has 1 aromatic carbocycles. The average molecular weight is 348 g/mol. The summed E-state index contributed by atoms with van der Waals surface area (Å²) in [7, 11) is 0. The van der Waals surface area contributed by atoms with E-state index >= 15 is 0 Å². The van der Waals surface area contributed by atoms with Crippen molar-refractivity contribution >= 4 is 28.5 Å². The van der Waals surface area contributed by atoms with Gasteiger partial charge in [-0.1, -0.05) is 53.0 Å². The molecule has 132 valence electrons. The second-order valence-electron chi connectivity index (χ2n) is 8.21. The molecule has 0 saturated heterocycles. The number of nitrogens with one attached hydrogen (secondary N) is 1. The predicted octanol–water partition coefficient (Wildman–Crippen LogP) is 5.57. The largest absolute Gasteiger partial charge is 0.325 e. The zero-order valence-electron chi connectivity index (χ0n) is 15.5. The van der Waals surface area contributed by atoms with E-state index in [4.69, 9.17) is 0 Å². The third-order valence-corrected chi connectivity index (χ3v) is 6.08. The number of carbonyl (C=O) groups is 2. The van der Waals surface area contributed by atoms with Crippen LogP contribution in [0.5, 0.6) is 0 Å². The van der Waals surface area contributed by atoms with Gasteiger partial charge in [0, 0.05) is 15.7 Å². The summed E-state index contributed by atoms with van der Waals surface area (Å²) in [5, 5.41) is 3.21. The molecule has 0 radical (unpaired) electrons. The fraction of sp³-hybridized carbons (Fsp3) is 0.600. The Morgan fingerprint density at radius 1 is 1.12 bits per heavy atom. The Morgan fingerprint density at radius 3 is 2.33 bits per heavy atom. The zero-order chi connectivity index (χ0) is 18.0. The minimum atomic E-state index is -0.411. The lowest BCUT2D eigenvalue weighted by atomic mass is 9.75. The number of benzene rings is 1. The Balaban J connectivity index is 2.21.